The lowest BCUT2D eigenvalue weighted by atomic mass is 9.85. The first-order valence-electron chi connectivity index (χ1n) is 12.5. The van der Waals surface area contributed by atoms with E-state index in [0.717, 1.165) is 0 Å². The summed E-state index contributed by atoms with van der Waals surface area (Å²) in [6.45, 7) is 9.76. The van der Waals surface area contributed by atoms with Gasteiger partial charge < -0.3 is 31.0 Å². The van der Waals surface area contributed by atoms with Gasteiger partial charge in [0.15, 0.2) is 18.3 Å². The molecule has 0 bridgehead atoms. The number of nitrogens with two attached hydrogens (primary N) is 2. The van der Waals surface area contributed by atoms with E-state index in [0.29, 0.717) is 17.2 Å². The SMILES string of the molecule is CNc1nc(N)nc2c1N=CC2[C@@H]1OC(CCC(=O)[C@@H](N)C(C)C)[C@@H](OCOC(=O)C(C)(C)C)[C@@]1(C)F. The normalized spacial score (nSPS) is 27.8. The zero-order valence-electron chi connectivity index (χ0n) is 22.6. The molecule has 12 heteroatoms. The highest BCUT2D eigenvalue weighted by molar-refractivity contribution is 5.86. The van der Waals surface area contributed by atoms with Crippen LogP contribution in [0.4, 0.5) is 21.8 Å². The molecule has 0 amide bonds. The van der Waals surface area contributed by atoms with Crippen LogP contribution in [0.15, 0.2) is 4.99 Å². The van der Waals surface area contributed by atoms with E-state index in [1.54, 1.807) is 34.0 Å². The number of hydrogen-bond acceptors (Lipinski definition) is 11. The smallest absolute Gasteiger partial charge is 0.313 e. The third-order valence-electron chi connectivity index (χ3n) is 6.76. The number of rotatable bonds is 10. The van der Waals surface area contributed by atoms with Gasteiger partial charge in [-0.3, -0.25) is 14.6 Å². The highest BCUT2D eigenvalue weighted by Crippen LogP contribution is 2.48. The topological polar surface area (TPSA) is 164 Å². The minimum atomic E-state index is -2.06. The van der Waals surface area contributed by atoms with E-state index in [9.17, 15) is 9.59 Å². The lowest BCUT2D eigenvalue weighted by Gasteiger charge is -2.29. The van der Waals surface area contributed by atoms with Crippen LogP contribution >= 0.6 is 0 Å². The minimum absolute atomic E-state index is 0.0175. The highest BCUT2D eigenvalue weighted by Gasteiger charge is 2.59. The third kappa shape index (κ3) is 6.07. The number of nitrogens with one attached hydrogen (secondary N) is 1. The van der Waals surface area contributed by atoms with E-state index in [4.69, 9.17) is 25.7 Å². The van der Waals surface area contributed by atoms with E-state index < -0.39 is 54.1 Å². The molecule has 0 spiro atoms. The average molecular weight is 523 g/mol. The van der Waals surface area contributed by atoms with Gasteiger partial charge in [0.2, 0.25) is 5.95 Å². The van der Waals surface area contributed by atoms with Crippen LogP contribution in [0, 0.1) is 11.3 Å². The monoisotopic (exact) mass is 522 g/mol. The average Bonchev–Trinajstić information content (AvgIpc) is 3.33. The molecule has 1 aromatic heterocycles. The predicted molar refractivity (Wildman–Crippen MR) is 137 cm³/mol. The van der Waals surface area contributed by atoms with Crippen LogP contribution < -0.4 is 16.8 Å². The Kier molecular flexibility index (Phi) is 8.55. The van der Waals surface area contributed by atoms with Gasteiger partial charge in [-0.2, -0.15) is 4.98 Å². The molecule has 2 unspecified atom stereocenters. The first-order chi connectivity index (χ1) is 17.2. The van der Waals surface area contributed by atoms with Crippen molar-refractivity contribution in [3.63, 3.8) is 0 Å². The van der Waals surface area contributed by atoms with Crippen molar-refractivity contribution in [1.29, 1.82) is 0 Å². The molecular formula is C25H39FN6O5. The summed E-state index contributed by atoms with van der Waals surface area (Å²) in [6.07, 6.45) is -1.18. The molecule has 6 atom stereocenters. The molecule has 0 aliphatic carbocycles. The fraction of sp³-hybridized carbons (Fsp3) is 0.720. The molecule has 206 valence electrons. The number of Topliss-reactive ketones (excluding diaryl/α,β-unsaturated/α-hetero) is 1. The first kappa shape index (κ1) is 28.9. The number of carbonyl (C=O) groups excluding carboxylic acids is 2. The second-order valence-electron chi connectivity index (χ2n) is 11.1. The molecule has 5 N–H and O–H groups in total. The molecule has 0 radical (unpaired) electrons. The van der Waals surface area contributed by atoms with Crippen LogP contribution in [0.5, 0.6) is 0 Å². The van der Waals surface area contributed by atoms with E-state index in [-0.39, 0.29) is 30.5 Å². The fourth-order valence-corrected chi connectivity index (χ4v) is 4.51. The Morgan fingerprint density at radius 2 is 1.97 bits per heavy atom. The quantitative estimate of drug-likeness (QED) is 0.307. The molecule has 1 saturated heterocycles. The zero-order chi connectivity index (χ0) is 27.7. The molecule has 1 aromatic rings. The van der Waals surface area contributed by atoms with E-state index in [1.165, 1.54) is 6.92 Å². The zero-order valence-corrected chi connectivity index (χ0v) is 22.6. The number of carbonyl (C=O) groups is 2. The van der Waals surface area contributed by atoms with Gasteiger partial charge in [0, 0.05) is 19.7 Å². The molecule has 2 aliphatic rings. The Bertz CT molecular complexity index is 1040. The summed E-state index contributed by atoms with van der Waals surface area (Å²) in [6, 6.07) is -0.630. The second-order valence-corrected chi connectivity index (χ2v) is 11.1. The number of ketones is 1. The number of aliphatic imine (C=N–C) groups is 1. The van der Waals surface area contributed by atoms with Gasteiger partial charge in [-0.1, -0.05) is 13.8 Å². The summed E-state index contributed by atoms with van der Waals surface area (Å²) < 4.78 is 33.8. The molecule has 1 fully saturated rings. The van der Waals surface area contributed by atoms with Crippen LogP contribution in [0.25, 0.3) is 0 Å². The number of anilines is 2. The van der Waals surface area contributed by atoms with E-state index in [2.05, 4.69) is 20.3 Å². The van der Waals surface area contributed by atoms with Crippen molar-refractivity contribution in [3.8, 4) is 0 Å². The Morgan fingerprint density at radius 1 is 1.30 bits per heavy atom. The van der Waals surface area contributed by atoms with Crippen LogP contribution in [-0.2, 0) is 23.8 Å². The first-order valence-corrected chi connectivity index (χ1v) is 12.5. The van der Waals surface area contributed by atoms with Crippen molar-refractivity contribution < 1.29 is 28.2 Å². The number of esters is 1. The van der Waals surface area contributed by atoms with Crippen molar-refractivity contribution in [2.24, 2.45) is 22.1 Å². The molecule has 3 rings (SSSR count). The Balaban J connectivity index is 1.85. The van der Waals surface area contributed by atoms with Crippen LogP contribution in [0.2, 0.25) is 0 Å². The standard InChI is InChI=1S/C25H39FN6O5/c1-12(2)16(27)14(33)8-9-15-20(35-11-36-22(34)24(3,4)5)25(6,26)19(37-15)13-10-30-18-17(13)31-23(28)32-21(18)29-7/h10,12-13,15-16,19-20H,8-9,11,27H2,1-7H3,(H3,28,29,31,32)/t13?,15?,16-,19-,20+,25-/m0/s1. The minimum Gasteiger partial charge on any atom is -0.438 e. The maximum Gasteiger partial charge on any atom is 0.313 e. The van der Waals surface area contributed by atoms with Crippen molar-refractivity contribution in [2.75, 3.05) is 24.9 Å². The maximum atomic E-state index is 16.5. The number of fused-ring (bicyclic) bond motifs is 1. The second kappa shape index (κ2) is 11.0. The van der Waals surface area contributed by atoms with Crippen molar-refractivity contribution in [3.05, 3.63) is 5.69 Å². The summed E-state index contributed by atoms with van der Waals surface area (Å²) in [4.78, 5) is 37.6. The summed E-state index contributed by atoms with van der Waals surface area (Å²) in [5, 5.41) is 2.92. The van der Waals surface area contributed by atoms with Gasteiger partial charge in [-0.15, -0.1) is 0 Å². The summed E-state index contributed by atoms with van der Waals surface area (Å²) in [5.41, 5.74) is 9.97. The number of aromatic nitrogens is 2. The molecule has 11 nitrogen and oxygen atoms in total. The van der Waals surface area contributed by atoms with Crippen molar-refractivity contribution in [2.45, 2.75) is 90.3 Å². The summed E-state index contributed by atoms with van der Waals surface area (Å²) in [7, 11) is 1.67. The van der Waals surface area contributed by atoms with Gasteiger partial charge >= 0.3 is 5.97 Å². The number of ether oxygens (including phenoxy) is 3. The van der Waals surface area contributed by atoms with E-state index >= 15 is 4.39 Å². The molecule has 0 saturated carbocycles. The number of hydrogen-bond donors (Lipinski definition) is 3. The molecular weight excluding hydrogens is 483 g/mol. The highest BCUT2D eigenvalue weighted by atomic mass is 19.1. The number of nitrogens with zero attached hydrogens (tertiary/aromatic N) is 3. The van der Waals surface area contributed by atoms with E-state index in [1.807, 2.05) is 13.8 Å². The number of alkyl halides is 1. The summed E-state index contributed by atoms with van der Waals surface area (Å²) >= 11 is 0. The Labute approximate surface area is 216 Å². The van der Waals surface area contributed by atoms with Gasteiger partial charge in [0.25, 0.3) is 0 Å². The summed E-state index contributed by atoms with van der Waals surface area (Å²) in [5.74, 6) is -0.897. The van der Waals surface area contributed by atoms with Crippen LogP contribution in [0.1, 0.15) is 66.0 Å². The van der Waals surface area contributed by atoms with Gasteiger partial charge in [-0.25, -0.2) is 9.37 Å². The van der Waals surface area contributed by atoms with Gasteiger partial charge in [0.05, 0.1) is 29.2 Å². The predicted octanol–water partition coefficient (Wildman–Crippen LogP) is 2.66. The lowest BCUT2D eigenvalue weighted by molar-refractivity contribution is -0.178. The molecule has 3 heterocycles. The Hall–Kier alpha value is -2.70. The van der Waals surface area contributed by atoms with Gasteiger partial charge in [0.1, 0.15) is 23.7 Å². The van der Waals surface area contributed by atoms with Gasteiger partial charge in [-0.05, 0) is 40.0 Å². The number of halogens is 1. The Morgan fingerprint density at radius 3 is 2.57 bits per heavy atom. The van der Waals surface area contributed by atoms with Crippen LogP contribution in [-0.4, -0.2) is 71.8 Å². The third-order valence-corrected chi connectivity index (χ3v) is 6.76. The van der Waals surface area contributed by atoms with Crippen molar-refractivity contribution in [1.82, 2.24) is 9.97 Å². The molecule has 37 heavy (non-hydrogen) atoms. The number of nitrogen functional groups attached to an aromatic ring is 1. The molecule has 2 aliphatic heterocycles. The largest absolute Gasteiger partial charge is 0.438 e. The maximum absolute atomic E-state index is 16.5. The van der Waals surface area contributed by atoms with Crippen LogP contribution in [0.3, 0.4) is 0 Å². The lowest BCUT2D eigenvalue weighted by Crippen LogP contribution is -2.46. The fourth-order valence-electron chi connectivity index (χ4n) is 4.51. The molecule has 0 aromatic carbocycles. The van der Waals surface area contributed by atoms with Crippen molar-refractivity contribution >= 4 is 35.4 Å².